The molecule has 1 aliphatic rings. The minimum absolute atomic E-state index is 0.191. The molecule has 0 aromatic heterocycles. The summed E-state index contributed by atoms with van der Waals surface area (Å²) < 4.78 is 5.90. The second kappa shape index (κ2) is 5.14. The number of aryl methyl sites for hydroxylation is 1. The zero-order chi connectivity index (χ0) is 13.2. The van der Waals surface area contributed by atoms with Crippen molar-refractivity contribution in [3.63, 3.8) is 0 Å². The largest absolute Gasteiger partial charge is 0.488 e. The first-order valence-electron chi connectivity index (χ1n) is 6.47. The quantitative estimate of drug-likeness (QED) is 0.910. The third kappa shape index (κ3) is 2.69. The zero-order valence-electron chi connectivity index (χ0n) is 10.8. The van der Waals surface area contributed by atoms with Crippen LogP contribution in [0.2, 0.25) is 5.02 Å². The number of para-hydroxylation sites is 1. The van der Waals surface area contributed by atoms with Gasteiger partial charge in [-0.15, -0.1) is 0 Å². The molecular weight excluding hydrogens is 258 g/mol. The highest BCUT2D eigenvalue weighted by Gasteiger charge is 2.21. The van der Waals surface area contributed by atoms with Crippen molar-refractivity contribution in [2.45, 2.75) is 19.4 Å². The van der Waals surface area contributed by atoms with Gasteiger partial charge in [0, 0.05) is 17.1 Å². The van der Waals surface area contributed by atoms with Crippen molar-refractivity contribution in [2.24, 2.45) is 0 Å². The fourth-order valence-corrected chi connectivity index (χ4v) is 2.55. The van der Waals surface area contributed by atoms with Crippen molar-refractivity contribution < 1.29 is 4.74 Å². The highest BCUT2D eigenvalue weighted by Crippen LogP contribution is 2.28. The van der Waals surface area contributed by atoms with E-state index in [1.807, 2.05) is 30.3 Å². The number of halogens is 1. The van der Waals surface area contributed by atoms with E-state index in [0.717, 1.165) is 29.4 Å². The second-order valence-electron chi connectivity index (χ2n) is 4.89. The van der Waals surface area contributed by atoms with Gasteiger partial charge in [0.15, 0.2) is 0 Å². The first kappa shape index (κ1) is 12.4. The van der Waals surface area contributed by atoms with E-state index in [1.165, 1.54) is 11.1 Å². The fraction of sp³-hybridized carbons (Fsp3) is 0.250. The minimum atomic E-state index is 0.191. The van der Waals surface area contributed by atoms with Crippen LogP contribution in [0.1, 0.15) is 11.1 Å². The number of fused-ring (bicyclic) bond motifs is 1. The van der Waals surface area contributed by atoms with Crippen molar-refractivity contribution in [3.05, 3.63) is 58.6 Å². The Kier molecular flexibility index (Phi) is 3.34. The van der Waals surface area contributed by atoms with Crippen LogP contribution in [0.4, 0.5) is 5.69 Å². The highest BCUT2D eigenvalue weighted by molar-refractivity contribution is 6.30. The van der Waals surface area contributed by atoms with Gasteiger partial charge in [0.1, 0.15) is 11.9 Å². The van der Waals surface area contributed by atoms with Crippen LogP contribution in [0.15, 0.2) is 42.5 Å². The number of benzene rings is 2. The Morgan fingerprint density at radius 2 is 2.11 bits per heavy atom. The van der Waals surface area contributed by atoms with Crippen LogP contribution in [-0.2, 0) is 6.42 Å². The minimum Gasteiger partial charge on any atom is -0.488 e. The summed E-state index contributed by atoms with van der Waals surface area (Å²) in [4.78, 5) is 0. The molecular formula is C16H16ClNO. The lowest BCUT2D eigenvalue weighted by Gasteiger charge is -2.14. The van der Waals surface area contributed by atoms with Crippen LogP contribution >= 0.6 is 11.6 Å². The first-order chi connectivity index (χ1) is 9.22. The molecule has 0 amide bonds. The van der Waals surface area contributed by atoms with E-state index < -0.39 is 0 Å². The predicted molar refractivity (Wildman–Crippen MR) is 79.2 cm³/mol. The molecule has 1 heterocycles. The van der Waals surface area contributed by atoms with Gasteiger partial charge in [-0.05, 0) is 36.2 Å². The lowest BCUT2D eigenvalue weighted by Crippen LogP contribution is -2.24. The second-order valence-corrected chi connectivity index (χ2v) is 5.33. The third-order valence-corrected chi connectivity index (χ3v) is 3.67. The monoisotopic (exact) mass is 273 g/mol. The molecule has 0 spiro atoms. The van der Waals surface area contributed by atoms with Gasteiger partial charge in [0.2, 0.25) is 0 Å². The molecule has 0 aliphatic carbocycles. The standard InChI is InChI=1S/C16H16ClNO/c1-11-6-7-13(17)9-15(11)18-10-14-8-12-4-2-3-5-16(12)19-14/h2-7,9,14,18H,8,10H2,1H3. The maximum absolute atomic E-state index is 6.01. The van der Waals surface area contributed by atoms with E-state index in [4.69, 9.17) is 16.3 Å². The number of nitrogens with one attached hydrogen (secondary N) is 1. The summed E-state index contributed by atoms with van der Waals surface area (Å²) >= 11 is 6.01. The van der Waals surface area contributed by atoms with E-state index in [1.54, 1.807) is 0 Å². The summed E-state index contributed by atoms with van der Waals surface area (Å²) in [7, 11) is 0. The van der Waals surface area contributed by atoms with Crippen LogP contribution < -0.4 is 10.1 Å². The molecule has 2 aromatic rings. The number of ether oxygens (including phenoxy) is 1. The molecule has 0 fully saturated rings. The fourth-order valence-electron chi connectivity index (χ4n) is 2.38. The van der Waals surface area contributed by atoms with Gasteiger partial charge in [-0.25, -0.2) is 0 Å². The van der Waals surface area contributed by atoms with Crippen LogP contribution in [0.25, 0.3) is 0 Å². The Balaban J connectivity index is 1.64. The molecule has 98 valence electrons. The molecule has 0 saturated carbocycles. The first-order valence-corrected chi connectivity index (χ1v) is 6.85. The molecule has 0 bridgehead atoms. The molecule has 3 rings (SSSR count). The van der Waals surface area contributed by atoms with Crippen LogP contribution in [0.5, 0.6) is 5.75 Å². The number of hydrogen-bond acceptors (Lipinski definition) is 2. The molecule has 3 heteroatoms. The maximum atomic E-state index is 6.01. The van der Waals surface area contributed by atoms with Crippen LogP contribution in [-0.4, -0.2) is 12.6 Å². The molecule has 1 atom stereocenters. The van der Waals surface area contributed by atoms with Gasteiger partial charge in [-0.1, -0.05) is 35.9 Å². The Morgan fingerprint density at radius 1 is 1.26 bits per heavy atom. The Bertz CT molecular complexity index is 572. The van der Waals surface area contributed by atoms with E-state index in [9.17, 15) is 0 Å². The van der Waals surface area contributed by atoms with Crippen molar-refractivity contribution in [2.75, 3.05) is 11.9 Å². The summed E-state index contributed by atoms with van der Waals surface area (Å²) in [6.07, 6.45) is 1.15. The van der Waals surface area contributed by atoms with Gasteiger partial charge in [-0.2, -0.15) is 0 Å². The van der Waals surface area contributed by atoms with Crippen molar-refractivity contribution >= 4 is 17.3 Å². The molecule has 0 saturated heterocycles. The SMILES string of the molecule is Cc1ccc(Cl)cc1NCC1Cc2ccccc2O1. The van der Waals surface area contributed by atoms with E-state index in [0.29, 0.717) is 0 Å². The van der Waals surface area contributed by atoms with Gasteiger partial charge < -0.3 is 10.1 Å². The van der Waals surface area contributed by atoms with Crippen LogP contribution in [0, 0.1) is 6.92 Å². The predicted octanol–water partition coefficient (Wildman–Crippen LogP) is 4.06. The van der Waals surface area contributed by atoms with E-state index >= 15 is 0 Å². The summed E-state index contributed by atoms with van der Waals surface area (Å²) in [5.41, 5.74) is 3.56. The van der Waals surface area contributed by atoms with E-state index in [-0.39, 0.29) is 6.10 Å². The number of hydrogen-bond donors (Lipinski definition) is 1. The van der Waals surface area contributed by atoms with Crippen molar-refractivity contribution in [1.29, 1.82) is 0 Å². The Hall–Kier alpha value is -1.67. The molecule has 0 radical (unpaired) electrons. The van der Waals surface area contributed by atoms with Gasteiger partial charge in [0.25, 0.3) is 0 Å². The topological polar surface area (TPSA) is 21.3 Å². The lowest BCUT2D eigenvalue weighted by molar-refractivity contribution is 0.246. The van der Waals surface area contributed by atoms with Gasteiger partial charge >= 0.3 is 0 Å². The summed E-state index contributed by atoms with van der Waals surface area (Å²) in [5, 5.41) is 4.17. The molecule has 1 N–H and O–H groups in total. The Morgan fingerprint density at radius 3 is 2.95 bits per heavy atom. The molecule has 19 heavy (non-hydrogen) atoms. The Labute approximate surface area is 118 Å². The number of rotatable bonds is 3. The zero-order valence-corrected chi connectivity index (χ0v) is 11.6. The molecule has 1 unspecified atom stereocenters. The highest BCUT2D eigenvalue weighted by atomic mass is 35.5. The average molecular weight is 274 g/mol. The van der Waals surface area contributed by atoms with Crippen molar-refractivity contribution in [3.8, 4) is 5.75 Å². The van der Waals surface area contributed by atoms with Gasteiger partial charge in [0.05, 0.1) is 6.54 Å². The molecule has 2 aromatic carbocycles. The third-order valence-electron chi connectivity index (χ3n) is 3.43. The number of anilines is 1. The summed E-state index contributed by atoms with van der Waals surface area (Å²) in [6.45, 7) is 2.86. The summed E-state index contributed by atoms with van der Waals surface area (Å²) in [6, 6.07) is 14.1. The average Bonchev–Trinajstić information content (AvgIpc) is 2.82. The smallest absolute Gasteiger partial charge is 0.123 e. The van der Waals surface area contributed by atoms with Crippen LogP contribution in [0.3, 0.4) is 0 Å². The van der Waals surface area contributed by atoms with Gasteiger partial charge in [-0.3, -0.25) is 0 Å². The molecule has 1 aliphatic heterocycles. The lowest BCUT2D eigenvalue weighted by atomic mass is 10.1. The van der Waals surface area contributed by atoms with E-state index in [2.05, 4.69) is 24.4 Å². The molecule has 2 nitrogen and oxygen atoms in total. The van der Waals surface area contributed by atoms with Crippen molar-refractivity contribution in [1.82, 2.24) is 0 Å². The summed E-state index contributed by atoms with van der Waals surface area (Å²) in [5.74, 6) is 1.01. The normalized spacial score (nSPS) is 16.8. The maximum Gasteiger partial charge on any atom is 0.123 e.